The van der Waals surface area contributed by atoms with E-state index in [0.717, 1.165) is 11.9 Å². The molecule has 130 valence electrons. The molecule has 0 aliphatic carbocycles. The van der Waals surface area contributed by atoms with Crippen LogP contribution in [0.2, 0.25) is 0 Å². The number of ether oxygens (including phenoxy) is 2. The van der Waals surface area contributed by atoms with E-state index in [4.69, 9.17) is 9.47 Å². The molecular weight excluding hydrogens is 316 g/mol. The summed E-state index contributed by atoms with van der Waals surface area (Å²) in [7, 11) is 1.58. The SMILES string of the molecule is CCOc1cc(C(=O)NCCc2c[nH]c3ccccc23)ccc1OC. The first-order valence-electron chi connectivity index (χ1n) is 8.37. The van der Waals surface area contributed by atoms with Crippen molar-refractivity contribution in [1.29, 1.82) is 0 Å². The predicted molar refractivity (Wildman–Crippen MR) is 98.5 cm³/mol. The fourth-order valence-corrected chi connectivity index (χ4v) is 2.84. The second kappa shape index (κ2) is 7.75. The first-order chi connectivity index (χ1) is 12.2. The zero-order chi connectivity index (χ0) is 17.6. The highest BCUT2D eigenvalue weighted by Crippen LogP contribution is 2.28. The molecule has 0 fully saturated rings. The highest BCUT2D eigenvalue weighted by atomic mass is 16.5. The van der Waals surface area contributed by atoms with Crippen LogP contribution in [0, 0.1) is 0 Å². The summed E-state index contributed by atoms with van der Waals surface area (Å²) in [6.07, 6.45) is 2.77. The third kappa shape index (κ3) is 3.76. The summed E-state index contributed by atoms with van der Waals surface area (Å²) in [6.45, 7) is 2.98. The van der Waals surface area contributed by atoms with Crippen LogP contribution in [0.5, 0.6) is 11.5 Å². The molecule has 3 aromatic rings. The molecule has 1 aromatic heterocycles. The highest BCUT2D eigenvalue weighted by Gasteiger charge is 2.11. The Morgan fingerprint density at radius 2 is 2.00 bits per heavy atom. The quantitative estimate of drug-likeness (QED) is 0.692. The maximum Gasteiger partial charge on any atom is 0.251 e. The second-order valence-corrected chi connectivity index (χ2v) is 5.66. The Balaban J connectivity index is 1.63. The van der Waals surface area contributed by atoms with Crippen LogP contribution in [0.25, 0.3) is 10.9 Å². The summed E-state index contributed by atoms with van der Waals surface area (Å²) in [5, 5.41) is 4.15. The van der Waals surface area contributed by atoms with Gasteiger partial charge in [-0.3, -0.25) is 4.79 Å². The van der Waals surface area contributed by atoms with Crippen LogP contribution in [0.1, 0.15) is 22.8 Å². The van der Waals surface area contributed by atoms with Gasteiger partial charge in [-0.2, -0.15) is 0 Å². The zero-order valence-electron chi connectivity index (χ0n) is 14.5. The number of fused-ring (bicyclic) bond motifs is 1. The lowest BCUT2D eigenvalue weighted by Crippen LogP contribution is -2.25. The third-order valence-corrected chi connectivity index (χ3v) is 4.08. The topological polar surface area (TPSA) is 63.3 Å². The fourth-order valence-electron chi connectivity index (χ4n) is 2.84. The summed E-state index contributed by atoms with van der Waals surface area (Å²) in [4.78, 5) is 15.6. The van der Waals surface area contributed by atoms with E-state index in [1.807, 2.05) is 31.3 Å². The van der Waals surface area contributed by atoms with Crippen LogP contribution in [0.4, 0.5) is 0 Å². The molecule has 2 aromatic carbocycles. The van der Waals surface area contributed by atoms with Gasteiger partial charge in [-0.25, -0.2) is 0 Å². The van der Waals surface area contributed by atoms with E-state index < -0.39 is 0 Å². The summed E-state index contributed by atoms with van der Waals surface area (Å²) in [6, 6.07) is 13.4. The van der Waals surface area contributed by atoms with Gasteiger partial charge >= 0.3 is 0 Å². The molecule has 0 aliphatic rings. The molecule has 0 bridgehead atoms. The Kier molecular flexibility index (Phi) is 5.23. The Hall–Kier alpha value is -2.95. The molecule has 25 heavy (non-hydrogen) atoms. The Morgan fingerprint density at radius 3 is 2.80 bits per heavy atom. The number of benzene rings is 2. The minimum absolute atomic E-state index is 0.122. The Bertz CT molecular complexity index is 870. The zero-order valence-corrected chi connectivity index (χ0v) is 14.5. The standard InChI is InChI=1S/C20H22N2O3/c1-3-25-19-12-14(8-9-18(19)24-2)20(23)21-11-10-15-13-22-17-7-5-4-6-16(15)17/h4-9,12-13,22H,3,10-11H2,1-2H3,(H,21,23). The monoisotopic (exact) mass is 338 g/mol. The van der Waals surface area contributed by atoms with Crippen LogP contribution in [0.15, 0.2) is 48.7 Å². The molecule has 0 radical (unpaired) electrons. The summed E-state index contributed by atoms with van der Waals surface area (Å²) < 4.78 is 10.8. The molecule has 0 saturated heterocycles. The van der Waals surface area contributed by atoms with Gasteiger partial charge in [0.25, 0.3) is 5.91 Å². The van der Waals surface area contributed by atoms with E-state index in [2.05, 4.69) is 16.4 Å². The van der Waals surface area contributed by atoms with Crippen LogP contribution < -0.4 is 14.8 Å². The van der Waals surface area contributed by atoms with Gasteiger partial charge in [-0.1, -0.05) is 18.2 Å². The number of nitrogens with one attached hydrogen (secondary N) is 2. The van der Waals surface area contributed by atoms with Gasteiger partial charge in [0.15, 0.2) is 11.5 Å². The molecule has 1 amide bonds. The minimum Gasteiger partial charge on any atom is -0.493 e. The number of para-hydroxylation sites is 1. The van der Waals surface area contributed by atoms with Crippen molar-refractivity contribution in [2.24, 2.45) is 0 Å². The van der Waals surface area contributed by atoms with Crippen LogP contribution in [0.3, 0.4) is 0 Å². The van der Waals surface area contributed by atoms with E-state index in [-0.39, 0.29) is 5.91 Å². The molecule has 3 rings (SSSR count). The largest absolute Gasteiger partial charge is 0.493 e. The number of aromatic amines is 1. The third-order valence-electron chi connectivity index (χ3n) is 4.08. The lowest BCUT2D eigenvalue weighted by atomic mass is 10.1. The number of methoxy groups -OCH3 is 1. The molecular formula is C20H22N2O3. The van der Waals surface area contributed by atoms with E-state index in [1.54, 1.807) is 25.3 Å². The van der Waals surface area contributed by atoms with Gasteiger partial charge in [0.05, 0.1) is 13.7 Å². The van der Waals surface area contributed by atoms with Crippen molar-refractivity contribution in [3.63, 3.8) is 0 Å². The van der Waals surface area contributed by atoms with E-state index in [0.29, 0.717) is 30.2 Å². The molecule has 1 heterocycles. The predicted octanol–water partition coefficient (Wildman–Crippen LogP) is 3.55. The van der Waals surface area contributed by atoms with Gasteiger partial charge in [0.1, 0.15) is 0 Å². The number of hydrogen-bond acceptors (Lipinski definition) is 3. The van der Waals surface area contributed by atoms with Crippen molar-refractivity contribution < 1.29 is 14.3 Å². The normalized spacial score (nSPS) is 10.6. The maximum absolute atomic E-state index is 12.4. The van der Waals surface area contributed by atoms with E-state index >= 15 is 0 Å². The number of amides is 1. The van der Waals surface area contributed by atoms with Crippen LogP contribution >= 0.6 is 0 Å². The average Bonchev–Trinajstić information content (AvgIpc) is 3.05. The fraction of sp³-hybridized carbons (Fsp3) is 0.250. The minimum atomic E-state index is -0.122. The van der Waals surface area contributed by atoms with Crippen molar-refractivity contribution in [3.05, 3.63) is 59.8 Å². The lowest BCUT2D eigenvalue weighted by molar-refractivity contribution is 0.0953. The number of carbonyl (C=O) groups is 1. The summed E-state index contributed by atoms with van der Waals surface area (Å²) in [5.41, 5.74) is 2.86. The lowest BCUT2D eigenvalue weighted by Gasteiger charge is -2.11. The molecule has 5 nitrogen and oxygen atoms in total. The first-order valence-corrected chi connectivity index (χ1v) is 8.37. The molecule has 0 saturated carbocycles. The molecule has 0 unspecified atom stereocenters. The van der Waals surface area contributed by atoms with Crippen molar-refractivity contribution in [2.45, 2.75) is 13.3 Å². The molecule has 0 aliphatic heterocycles. The average molecular weight is 338 g/mol. The van der Waals surface area contributed by atoms with Gasteiger partial charge in [-0.05, 0) is 43.2 Å². The number of hydrogen-bond donors (Lipinski definition) is 2. The summed E-state index contributed by atoms with van der Waals surface area (Å²) >= 11 is 0. The van der Waals surface area contributed by atoms with E-state index in [9.17, 15) is 4.79 Å². The van der Waals surface area contributed by atoms with E-state index in [1.165, 1.54) is 10.9 Å². The van der Waals surface area contributed by atoms with Crippen LogP contribution in [-0.2, 0) is 6.42 Å². The van der Waals surface area contributed by atoms with Crippen molar-refractivity contribution >= 4 is 16.8 Å². The van der Waals surface area contributed by atoms with Gasteiger partial charge in [0.2, 0.25) is 0 Å². The molecule has 5 heteroatoms. The van der Waals surface area contributed by atoms with Crippen molar-refractivity contribution in [1.82, 2.24) is 10.3 Å². The maximum atomic E-state index is 12.4. The van der Waals surface area contributed by atoms with Gasteiger partial charge < -0.3 is 19.8 Å². The van der Waals surface area contributed by atoms with Crippen molar-refractivity contribution in [3.8, 4) is 11.5 Å². The number of aromatic nitrogens is 1. The van der Waals surface area contributed by atoms with Crippen molar-refractivity contribution in [2.75, 3.05) is 20.3 Å². The number of rotatable bonds is 7. The molecule has 0 atom stereocenters. The Morgan fingerprint density at radius 1 is 1.16 bits per heavy atom. The van der Waals surface area contributed by atoms with Crippen LogP contribution in [-0.4, -0.2) is 31.2 Å². The molecule has 2 N–H and O–H groups in total. The Labute approximate surface area is 147 Å². The second-order valence-electron chi connectivity index (χ2n) is 5.66. The van der Waals surface area contributed by atoms with Gasteiger partial charge in [-0.15, -0.1) is 0 Å². The van der Waals surface area contributed by atoms with Gasteiger partial charge in [0, 0.05) is 29.2 Å². The highest BCUT2D eigenvalue weighted by molar-refractivity contribution is 5.95. The smallest absolute Gasteiger partial charge is 0.251 e. The number of H-pyrrole nitrogens is 1. The summed E-state index contributed by atoms with van der Waals surface area (Å²) in [5.74, 6) is 1.08. The molecule has 0 spiro atoms. The first kappa shape index (κ1) is 16.9. The number of carbonyl (C=O) groups excluding carboxylic acids is 1.